The van der Waals surface area contributed by atoms with Crippen LogP contribution in [0.3, 0.4) is 0 Å². The zero-order valence-electron chi connectivity index (χ0n) is 11.2. The molecule has 1 saturated heterocycles. The van der Waals surface area contributed by atoms with Crippen LogP contribution in [0.25, 0.3) is 0 Å². The van der Waals surface area contributed by atoms with Crippen molar-refractivity contribution in [1.82, 2.24) is 4.90 Å². The van der Waals surface area contributed by atoms with Crippen LogP contribution in [0.2, 0.25) is 0 Å². The number of hydrogen-bond acceptors (Lipinski definition) is 4. The lowest BCUT2D eigenvalue weighted by molar-refractivity contribution is -0.117. The average molecular weight is 330 g/mol. The van der Waals surface area contributed by atoms with Gasteiger partial charge in [-0.25, -0.2) is 0 Å². The maximum absolute atomic E-state index is 5.91. The Balaban J connectivity index is 1.69. The molecule has 0 spiro atoms. The van der Waals surface area contributed by atoms with Crippen LogP contribution >= 0.6 is 15.9 Å². The Labute approximate surface area is 122 Å². The van der Waals surface area contributed by atoms with E-state index in [4.69, 9.17) is 13.9 Å². The van der Waals surface area contributed by atoms with Gasteiger partial charge in [0.15, 0.2) is 4.67 Å². The second-order valence-electron chi connectivity index (χ2n) is 5.32. The van der Waals surface area contributed by atoms with E-state index in [0.29, 0.717) is 18.2 Å². The van der Waals surface area contributed by atoms with E-state index in [-0.39, 0.29) is 0 Å². The Hall–Kier alpha value is -0.360. The standard InChI is InChI=1S/C14H20BrNO3/c1-17-10-2-4-13-12(8-10)16(6-7-18-13)9-11-3-5-14(15)19-11/h3,5,10,12-13H,2,4,6-9H2,1H3/t10-,12-,13-/m1/s1. The van der Waals surface area contributed by atoms with Crippen molar-refractivity contribution in [3.05, 3.63) is 22.6 Å². The lowest BCUT2D eigenvalue weighted by Crippen LogP contribution is -2.54. The van der Waals surface area contributed by atoms with E-state index in [0.717, 1.165) is 49.4 Å². The third-order valence-corrected chi connectivity index (χ3v) is 4.63. The van der Waals surface area contributed by atoms with E-state index >= 15 is 0 Å². The molecule has 2 aliphatic rings. The zero-order valence-corrected chi connectivity index (χ0v) is 12.8. The van der Waals surface area contributed by atoms with Gasteiger partial charge in [0.05, 0.1) is 25.4 Å². The summed E-state index contributed by atoms with van der Waals surface area (Å²) in [6, 6.07) is 4.44. The van der Waals surface area contributed by atoms with Crippen molar-refractivity contribution in [3.8, 4) is 0 Å². The summed E-state index contributed by atoms with van der Waals surface area (Å²) in [6.07, 6.45) is 4.00. The predicted octanol–water partition coefficient (Wildman–Crippen LogP) is 2.81. The number of rotatable bonds is 3. The van der Waals surface area contributed by atoms with Crippen LogP contribution in [0.1, 0.15) is 25.0 Å². The highest BCUT2D eigenvalue weighted by atomic mass is 79.9. The van der Waals surface area contributed by atoms with E-state index in [1.165, 1.54) is 0 Å². The van der Waals surface area contributed by atoms with E-state index in [2.05, 4.69) is 20.8 Å². The number of hydrogen-bond donors (Lipinski definition) is 0. The van der Waals surface area contributed by atoms with Crippen LogP contribution in [0.5, 0.6) is 0 Å². The van der Waals surface area contributed by atoms with Crippen molar-refractivity contribution in [3.63, 3.8) is 0 Å². The summed E-state index contributed by atoms with van der Waals surface area (Å²) < 4.78 is 17.9. The molecule has 2 fully saturated rings. The summed E-state index contributed by atoms with van der Waals surface area (Å²) in [5.74, 6) is 1.01. The van der Waals surface area contributed by atoms with Crippen LogP contribution in [-0.4, -0.2) is 43.4 Å². The van der Waals surface area contributed by atoms with Crippen LogP contribution < -0.4 is 0 Å². The number of fused-ring (bicyclic) bond motifs is 1. The summed E-state index contributed by atoms with van der Waals surface area (Å²) in [7, 11) is 1.81. The molecule has 0 bridgehead atoms. The number of morpholine rings is 1. The first kappa shape index (κ1) is 13.6. The van der Waals surface area contributed by atoms with Crippen LogP contribution in [0.15, 0.2) is 21.2 Å². The Morgan fingerprint density at radius 2 is 2.32 bits per heavy atom. The van der Waals surface area contributed by atoms with Crippen molar-refractivity contribution in [2.75, 3.05) is 20.3 Å². The molecule has 106 valence electrons. The Kier molecular flexibility index (Phi) is 4.27. The Morgan fingerprint density at radius 3 is 3.05 bits per heavy atom. The molecule has 0 unspecified atom stereocenters. The minimum atomic E-state index is 0.360. The molecule has 5 heteroatoms. The smallest absolute Gasteiger partial charge is 0.169 e. The predicted molar refractivity (Wildman–Crippen MR) is 75.0 cm³/mol. The van der Waals surface area contributed by atoms with Crippen molar-refractivity contribution in [2.45, 2.75) is 44.1 Å². The largest absolute Gasteiger partial charge is 0.453 e. The second-order valence-corrected chi connectivity index (χ2v) is 6.11. The first-order chi connectivity index (χ1) is 9.26. The molecule has 0 radical (unpaired) electrons. The van der Waals surface area contributed by atoms with E-state index in [1.807, 2.05) is 19.2 Å². The molecule has 0 aromatic carbocycles. The average Bonchev–Trinajstić information content (AvgIpc) is 2.84. The van der Waals surface area contributed by atoms with Gasteiger partial charge in [0, 0.05) is 19.7 Å². The number of methoxy groups -OCH3 is 1. The molecule has 4 nitrogen and oxygen atoms in total. The monoisotopic (exact) mass is 329 g/mol. The second kappa shape index (κ2) is 5.95. The number of nitrogens with zero attached hydrogens (tertiary/aromatic N) is 1. The first-order valence-corrected chi connectivity index (χ1v) is 7.68. The van der Waals surface area contributed by atoms with Gasteiger partial charge in [-0.15, -0.1) is 0 Å². The minimum absolute atomic E-state index is 0.360. The fraction of sp³-hybridized carbons (Fsp3) is 0.714. The van der Waals surface area contributed by atoms with Crippen LogP contribution in [0, 0.1) is 0 Å². The third-order valence-electron chi connectivity index (χ3n) is 4.21. The SMILES string of the molecule is CO[C@@H]1CC[C@H]2OCCN(Cc3ccc(Br)o3)[C@@H]2C1. The summed E-state index contributed by atoms with van der Waals surface area (Å²) in [5.41, 5.74) is 0. The van der Waals surface area contributed by atoms with Crippen molar-refractivity contribution >= 4 is 15.9 Å². The zero-order chi connectivity index (χ0) is 13.2. The minimum Gasteiger partial charge on any atom is -0.453 e. The van der Waals surface area contributed by atoms with Crippen LogP contribution in [0.4, 0.5) is 0 Å². The van der Waals surface area contributed by atoms with E-state index in [1.54, 1.807) is 0 Å². The summed E-state index contributed by atoms with van der Waals surface area (Å²) >= 11 is 3.36. The lowest BCUT2D eigenvalue weighted by Gasteiger charge is -2.45. The highest BCUT2D eigenvalue weighted by molar-refractivity contribution is 9.10. The van der Waals surface area contributed by atoms with E-state index < -0.39 is 0 Å². The molecule has 3 atom stereocenters. The molecular formula is C14H20BrNO3. The van der Waals surface area contributed by atoms with Crippen molar-refractivity contribution < 1.29 is 13.9 Å². The molecule has 3 rings (SSSR count). The van der Waals surface area contributed by atoms with E-state index in [9.17, 15) is 0 Å². The molecule has 1 saturated carbocycles. The topological polar surface area (TPSA) is 34.8 Å². The molecule has 19 heavy (non-hydrogen) atoms. The molecule has 1 aromatic rings. The summed E-state index contributed by atoms with van der Waals surface area (Å²) in [5, 5.41) is 0. The van der Waals surface area contributed by atoms with Gasteiger partial charge in [-0.1, -0.05) is 0 Å². The van der Waals surface area contributed by atoms with Gasteiger partial charge in [0.25, 0.3) is 0 Å². The van der Waals surface area contributed by atoms with Gasteiger partial charge >= 0.3 is 0 Å². The third kappa shape index (κ3) is 3.05. The van der Waals surface area contributed by atoms with Gasteiger partial charge in [0.1, 0.15) is 5.76 Å². The lowest BCUT2D eigenvalue weighted by atomic mass is 9.88. The van der Waals surface area contributed by atoms with Gasteiger partial charge in [0.2, 0.25) is 0 Å². The number of ether oxygens (including phenoxy) is 2. The van der Waals surface area contributed by atoms with Gasteiger partial charge in [-0.2, -0.15) is 0 Å². The first-order valence-electron chi connectivity index (χ1n) is 6.89. The van der Waals surface area contributed by atoms with Gasteiger partial charge < -0.3 is 13.9 Å². The summed E-state index contributed by atoms with van der Waals surface area (Å²) in [6.45, 7) is 2.64. The summed E-state index contributed by atoms with van der Waals surface area (Å²) in [4.78, 5) is 2.48. The van der Waals surface area contributed by atoms with Crippen LogP contribution in [-0.2, 0) is 16.0 Å². The normalized spacial score (nSPS) is 32.2. The Morgan fingerprint density at radius 1 is 1.42 bits per heavy atom. The Bertz CT molecular complexity index is 423. The quantitative estimate of drug-likeness (QED) is 0.854. The number of halogens is 1. The molecule has 0 N–H and O–H groups in total. The molecule has 1 aliphatic heterocycles. The van der Waals surface area contributed by atoms with Gasteiger partial charge in [-0.3, -0.25) is 4.90 Å². The van der Waals surface area contributed by atoms with Crippen molar-refractivity contribution in [2.24, 2.45) is 0 Å². The number of furan rings is 1. The molecular weight excluding hydrogens is 310 g/mol. The van der Waals surface area contributed by atoms with Gasteiger partial charge in [-0.05, 0) is 47.3 Å². The molecule has 1 aromatic heterocycles. The highest BCUT2D eigenvalue weighted by Gasteiger charge is 2.38. The highest BCUT2D eigenvalue weighted by Crippen LogP contribution is 2.31. The molecule has 2 heterocycles. The van der Waals surface area contributed by atoms with Crippen molar-refractivity contribution in [1.29, 1.82) is 0 Å². The molecule has 0 amide bonds. The maximum Gasteiger partial charge on any atom is 0.169 e. The fourth-order valence-electron chi connectivity index (χ4n) is 3.19. The molecule has 1 aliphatic carbocycles. The maximum atomic E-state index is 5.91. The fourth-order valence-corrected chi connectivity index (χ4v) is 3.53.